The van der Waals surface area contributed by atoms with E-state index in [2.05, 4.69) is 10.1 Å². The Balaban J connectivity index is 0.00000225. The number of likely N-dealkylation sites (tertiary alicyclic amines) is 1. The summed E-state index contributed by atoms with van der Waals surface area (Å²) in [5.74, 6) is -0.0899. The van der Waals surface area contributed by atoms with Gasteiger partial charge in [-0.25, -0.2) is 0 Å². The fraction of sp³-hybridized carbons (Fsp3) is 0.588. The number of para-hydroxylation sites is 1. The van der Waals surface area contributed by atoms with Crippen molar-refractivity contribution in [3.8, 4) is 5.75 Å². The molecular formula is C17H22ClF3N2O2. The van der Waals surface area contributed by atoms with Crippen molar-refractivity contribution in [2.45, 2.75) is 25.1 Å². The Bertz CT molecular complexity index is 612. The van der Waals surface area contributed by atoms with Gasteiger partial charge in [-0.15, -0.1) is 25.6 Å². The topological polar surface area (TPSA) is 41.6 Å². The highest BCUT2D eigenvalue weighted by molar-refractivity contribution is 5.85. The first-order valence-corrected chi connectivity index (χ1v) is 8.17. The molecule has 0 aromatic heterocycles. The second-order valence-corrected chi connectivity index (χ2v) is 6.53. The van der Waals surface area contributed by atoms with E-state index < -0.39 is 6.36 Å². The van der Waals surface area contributed by atoms with Gasteiger partial charge < -0.3 is 15.0 Å². The predicted molar refractivity (Wildman–Crippen MR) is 89.8 cm³/mol. The maximum atomic E-state index is 12.6. The molecule has 25 heavy (non-hydrogen) atoms. The molecular weight excluding hydrogens is 357 g/mol. The molecule has 1 aliphatic heterocycles. The fourth-order valence-corrected chi connectivity index (χ4v) is 3.54. The van der Waals surface area contributed by atoms with Gasteiger partial charge in [0.1, 0.15) is 5.75 Å². The monoisotopic (exact) mass is 378 g/mol. The van der Waals surface area contributed by atoms with Crippen molar-refractivity contribution in [1.29, 1.82) is 0 Å². The number of amides is 1. The second kappa shape index (κ2) is 7.83. The third-order valence-corrected chi connectivity index (χ3v) is 4.74. The van der Waals surface area contributed by atoms with Gasteiger partial charge in [0, 0.05) is 19.0 Å². The highest BCUT2D eigenvalue weighted by Crippen LogP contribution is 2.52. The molecule has 3 rings (SSSR count). The van der Waals surface area contributed by atoms with Crippen LogP contribution in [-0.2, 0) is 4.79 Å². The van der Waals surface area contributed by atoms with E-state index in [1.54, 1.807) is 12.1 Å². The number of ether oxygens (including phenoxy) is 1. The van der Waals surface area contributed by atoms with E-state index in [4.69, 9.17) is 0 Å². The maximum absolute atomic E-state index is 12.6. The number of hydrogen-bond acceptors (Lipinski definition) is 3. The van der Waals surface area contributed by atoms with Crippen molar-refractivity contribution in [3.63, 3.8) is 0 Å². The lowest BCUT2D eigenvalue weighted by Gasteiger charge is -2.17. The number of alkyl halides is 3. The number of hydrogen-bond donors (Lipinski definition) is 1. The van der Waals surface area contributed by atoms with E-state index in [0.29, 0.717) is 17.9 Å². The molecule has 1 aromatic rings. The standard InChI is InChI=1S/C17H21F3N2O2.ClH/c1-21-9-11-6-7-22(10-11)16(23)14-8-13(14)12-4-2-3-5-15(12)24-17(18,19)20;/h2-5,11,13-14,21H,6-10H2,1H3;1H. The van der Waals surface area contributed by atoms with E-state index in [1.807, 2.05) is 11.9 Å². The average Bonchev–Trinajstić information content (AvgIpc) is 3.17. The summed E-state index contributed by atoms with van der Waals surface area (Å²) in [6, 6.07) is 6.11. The SMILES string of the molecule is CNCC1CCN(C(=O)C2CC2c2ccccc2OC(F)(F)F)C1.Cl. The fourth-order valence-electron chi connectivity index (χ4n) is 3.54. The molecule has 8 heteroatoms. The van der Waals surface area contributed by atoms with Crippen LogP contribution in [0.3, 0.4) is 0 Å². The quantitative estimate of drug-likeness (QED) is 0.855. The molecule has 3 unspecified atom stereocenters. The Labute approximate surface area is 151 Å². The highest BCUT2D eigenvalue weighted by atomic mass is 35.5. The summed E-state index contributed by atoms with van der Waals surface area (Å²) in [5.41, 5.74) is 0.471. The summed E-state index contributed by atoms with van der Waals surface area (Å²) in [5, 5.41) is 3.12. The van der Waals surface area contributed by atoms with Gasteiger partial charge in [-0.1, -0.05) is 18.2 Å². The van der Waals surface area contributed by atoms with Gasteiger partial charge >= 0.3 is 6.36 Å². The van der Waals surface area contributed by atoms with Crippen LogP contribution in [0.2, 0.25) is 0 Å². The molecule has 1 N–H and O–H groups in total. The van der Waals surface area contributed by atoms with E-state index in [1.165, 1.54) is 12.1 Å². The lowest BCUT2D eigenvalue weighted by molar-refractivity contribution is -0.274. The number of rotatable bonds is 5. The van der Waals surface area contributed by atoms with Gasteiger partial charge in [0.25, 0.3) is 0 Å². The van der Waals surface area contributed by atoms with Gasteiger partial charge in [0.05, 0.1) is 0 Å². The van der Waals surface area contributed by atoms with Crippen molar-refractivity contribution in [1.82, 2.24) is 10.2 Å². The lowest BCUT2D eigenvalue weighted by Crippen LogP contribution is -2.31. The van der Waals surface area contributed by atoms with Crippen LogP contribution in [0.15, 0.2) is 24.3 Å². The molecule has 2 aliphatic rings. The van der Waals surface area contributed by atoms with Gasteiger partial charge in [-0.05, 0) is 49.9 Å². The summed E-state index contributed by atoms with van der Waals surface area (Å²) in [7, 11) is 1.89. The molecule has 4 nitrogen and oxygen atoms in total. The second-order valence-electron chi connectivity index (χ2n) is 6.53. The van der Waals surface area contributed by atoms with Crippen LogP contribution in [0, 0.1) is 11.8 Å². The van der Waals surface area contributed by atoms with Crippen LogP contribution in [0.25, 0.3) is 0 Å². The zero-order chi connectivity index (χ0) is 17.3. The van der Waals surface area contributed by atoms with Crippen molar-refractivity contribution in [3.05, 3.63) is 29.8 Å². The molecule has 1 aliphatic carbocycles. The molecule has 0 bridgehead atoms. The average molecular weight is 379 g/mol. The van der Waals surface area contributed by atoms with Crippen molar-refractivity contribution < 1.29 is 22.7 Å². The Hall–Kier alpha value is -1.47. The molecule has 0 radical (unpaired) electrons. The first kappa shape index (κ1) is 19.8. The Morgan fingerprint density at radius 3 is 2.76 bits per heavy atom. The summed E-state index contributed by atoms with van der Waals surface area (Å²) in [6.07, 6.45) is -3.16. The highest BCUT2D eigenvalue weighted by Gasteiger charge is 2.48. The third-order valence-electron chi connectivity index (χ3n) is 4.74. The zero-order valence-electron chi connectivity index (χ0n) is 13.9. The summed E-state index contributed by atoms with van der Waals surface area (Å²) < 4.78 is 41.7. The largest absolute Gasteiger partial charge is 0.573 e. The Kier molecular flexibility index (Phi) is 6.21. The minimum Gasteiger partial charge on any atom is -0.405 e. The first-order valence-electron chi connectivity index (χ1n) is 8.17. The summed E-state index contributed by atoms with van der Waals surface area (Å²) >= 11 is 0. The molecule has 2 fully saturated rings. The van der Waals surface area contributed by atoms with Crippen LogP contribution in [0.5, 0.6) is 5.75 Å². The molecule has 1 heterocycles. The van der Waals surface area contributed by atoms with Crippen molar-refractivity contribution in [2.75, 3.05) is 26.7 Å². The molecule has 140 valence electrons. The van der Waals surface area contributed by atoms with E-state index in [9.17, 15) is 18.0 Å². The smallest absolute Gasteiger partial charge is 0.405 e. The van der Waals surface area contributed by atoms with Crippen LogP contribution < -0.4 is 10.1 Å². The molecule has 0 spiro atoms. The molecule has 1 saturated carbocycles. The van der Waals surface area contributed by atoms with Crippen LogP contribution in [0.4, 0.5) is 13.2 Å². The normalized spacial score (nSPS) is 25.4. The van der Waals surface area contributed by atoms with Gasteiger partial charge in [-0.3, -0.25) is 4.79 Å². The minimum atomic E-state index is -4.72. The summed E-state index contributed by atoms with van der Waals surface area (Å²) in [4.78, 5) is 14.4. The van der Waals surface area contributed by atoms with E-state index in [-0.39, 0.29) is 35.9 Å². The minimum absolute atomic E-state index is 0. The first-order chi connectivity index (χ1) is 11.4. The molecule has 1 amide bonds. The predicted octanol–water partition coefficient (Wildman–Crippen LogP) is 3.18. The molecule has 3 atom stereocenters. The van der Waals surface area contributed by atoms with Crippen molar-refractivity contribution in [2.24, 2.45) is 11.8 Å². The van der Waals surface area contributed by atoms with E-state index >= 15 is 0 Å². The van der Waals surface area contributed by atoms with Gasteiger partial charge in [-0.2, -0.15) is 0 Å². The van der Waals surface area contributed by atoms with Gasteiger partial charge in [0.2, 0.25) is 5.91 Å². The number of halogens is 4. The van der Waals surface area contributed by atoms with E-state index in [0.717, 1.165) is 26.1 Å². The molecule has 1 aromatic carbocycles. The van der Waals surface area contributed by atoms with Crippen LogP contribution in [0.1, 0.15) is 24.3 Å². The third kappa shape index (κ3) is 4.79. The number of carbonyl (C=O) groups excluding carboxylic acids is 1. The lowest BCUT2D eigenvalue weighted by atomic mass is 10.1. The number of carbonyl (C=O) groups is 1. The van der Waals surface area contributed by atoms with Gasteiger partial charge in [0.15, 0.2) is 0 Å². The summed E-state index contributed by atoms with van der Waals surface area (Å²) in [6.45, 7) is 2.33. The van der Waals surface area contributed by atoms with Crippen LogP contribution in [-0.4, -0.2) is 43.9 Å². The molecule has 1 saturated heterocycles. The Morgan fingerprint density at radius 2 is 2.08 bits per heavy atom. The zero-order valence-corrected chi connectivity index (χ0v) is 14.7. The van der Waals surface area contributed by atoms with Crippen LogP contribution >= 0.6 is 12.4 Å². The maximum Gasteiger partial charge on any atom is 0.573 e. The Morgan fingerprint density at radius 1 is 1.36 bits per heavy atom. The number of nitrogens with zero attached hydrogens (tertiary/aromatic N) is 1. The number of nitrogens with one attached hydrogen (secondary N) is 1. The number of benzene rings is 1. The van der Waals surface area contributed by atoms with Crippen molar-refractivity contribution >= 4 is 18.3 Å².